The van der Waals surface area contributed by atoms with Gasteiger partial charge in [0.2, 0.25) is 0 Å². The molecule has 2 rings (SSSR count). The van der Waals surface area contributed by atoms with E-state index in [1.165, 1.54) is 4.90 Å². The molecule has 1 aromatic heterocycles. The smallest absolute Gasteiger partial charge is 0.175 e. The van der Waals surface area contributed by atoms with Crippen molar-refractivity contribution in [3.8, 4) is 0 Å². The number of aromatic amines is 2. The lowest BCUT2D eigenvalue weighted by Crippen LogP contribution is -1.70. The largest absolute Gasteiger partial charge is 0.336 e. The van der Waals surface area contributed by atoms with Crippen LogP contribution in [0.2, 0.25) is 0 Å². The first kappa shape index (κ1) is 8.59. The minimum Gasteiger partial charge on any atom is -0.336 e. The molecule has 2 nitrogen and oxygen atoms in total. The Labute approximate surface area is 85.4 Å². The molecule has 0 aliphatic heterocycles. The molecular weight excluding hydrogens is 200 g/mol. The van der Waals surface area contributed by atoms with E-state index in [0.29, 0.717) is 4.77 Å². The van der Waals surface area contributed by atoms with Gasteiger partial charge in [0, 0.05) is 11.1 Å². The highest BCUT2D eigenvalue weighted by Gasteiger charge is 1.96. The first-order valence-corrected chi connectivity index (χ1v) is 5.08. The lowest BCUT2D eigenvalue weighted by atomic mass is 10.4. The standard InChI is InChI=1S/C9H8N2S2/c12-9-10-6-8(11-9)13-7-4-2-1-3-5-7/h1-6H,(H2,10,11,12). The van der Waals surface area contributed by atoms with Gasteiger partial charge in [0.1, 0.15) is 0 Å². The summed E-state index contributed by atoms with van der Waals surface area (Å²) in [6.45, 7) is 0. The van der Waals surface area contributed by atoms with Gasteiger partial charge in [-0.15, -0.1) is 0 Å². The number of rotatable bonds is 2. The third kappa shape index (κ3) is 2.23. The van der Waals surface area contributed by atoms with Gasteiger partial charge in [-0.2, -0.15) is 0 Å². The Morgan fingerprint density at radius 1 is 1.15 bits per heavy atom. The molecule has 0 unspecified atom stereocenters. The molecule has 0 saturated heterocycles. The fraction of sp³-hybridized carbons (Fsp3) is 0. The third-order valence-corrected chi connectivity index (χ3v) is 2.71. The second kappa shape index (κ2) is 3.81. The second-order valence-corrected chi connectivity index (χ2v) is 4.05. The summed E-state index contributed by atoms with van der Waals surface area (Å²) >= 11 is 6.58. The van der Waals surface area contributed by atoms with Gasteiger partial charge in [0.05, 0.1) is 5.03 Å². The zero-order chi connectivity index (χ0) is 9.10. The molecule has 2 aromatic rings. The molecule has 1 heterocycles. The van der Waals surface area contributed by atoms with Crippen LogP contribution in [0.5, 0.6) is 0 Å². The number of aromatic nitrogens is 2. The molecule has 0 amide bonds. The quantitative estimate of drug-likeness (QED) is 0.742. The summed E-state index contributed by atoms with van der Waals surface area (Å²) < 4.78 is 0.665. The van der Waals surface area contributed by atoms with Crippen molar-refractivity contribution < 1.29 is 0 Å². The first-order valence-electron chi connectivity index (χ1n) is 3.85. The van der Waals surface area contributed by atoms with E-state index in [1.807, 2.05) is 24.4 Å². The van der Waals surface area contributed by atoms with Crippen LogP contribution in [-0.4, -0.2) is 9.97 Å². The second-order valence-electron chi connectivity index (χ2n) is 2.52. The Kier molecular flexibility index (Phi) is 2.52. The predicted octanol–water partition coefficient (Wildman–Crippen LogP) is 3.22. The van der Waals surface area contributed by atoms with Crippen LogP contribution < -0.4 is 0 Å². The molecule has 2 N–H and O–H groups in total. The number of H-pyrrole nitrogens is 2. The van der Waals surface area contributed by atoms with Crippen molar-refractivity contribution in [2.75, 3.05) is 0 Å². The summed E-state index contributed by atoms with van der Waals surface area (Å²) in [6, 6.07) is 10.2. The zero-order valence-electron chi connectivity index (χ0n) is 6.78. The summed E-state index contributed by atoms with van der Waals surface area (Å²) in [7, 11) is 0. The monoisotopic (exact) mass is 208 g/mol. The van der Waals surface area contributed by atoms with Gasteiger partial charge >= 0.3 is 0 Å². The average Bonchev–Trinajstić information content (AvgIpc) is 2.53. The fourth-order valence-electron chi connectivity index (χ4n) is 0.986. The highest BCUT2D eigenvalue weighted by molar-refractivity contribution is 7.99. The fourth-order valence-corrected chi connectivity index (χ4v) is 2.04. The summed E-state index contributed by atoms with van der Waals surface area (Å²) in [5, 5.41) is 1.04. The lowest BCUT2D eigenvalue weighted by Gasteiger charge is -1.95. The maximum atomic E-state index is 4.92. The SMILES string of the molecule is S=c1[nH]cc(Sc2ccccc2)[nH]1. The molecule has 1 aromatic carbocycles. The van der Waals surface area contributed by atoms with Gasteiger partial charge in [0.15, 0.2) is 4.77 Å². The van der Waals surface area contributed by atoms with Crippen molar-refractivity contribution >= 4 is 24.0 Å². The summed E-state index contributed by atoms with van der Waals surface area (Å²) in [5.74, 6) is 0. The number of imidazole rings is 1. The van der Waals surface area contributed by atoms with E-state index in [9.17, 15) is 0 Å². The van der Waals surface area contributed by atoms with Crippen molar-refractivity contribution in [3.63, 3.8) is 0 Å². The molecule has 0 atom stereocenters. The Bertz CT molecular complexity index is 430. The molecule has 0 spiro atoms. The van der Waals surface area contributed by atoms with Crippen LogP contribution in [0.3, 0.4) is 0 Å². The molecule has 0 radical (unpaired) electrons. The predicted molar refractivity (Wildman–Crippen MR) is 56.5 cm³/mol. The van der Waals surface area contributed by atoms with Crippen LogP contribution >= 0.6 is 24.0 Å². The van der Waals surface area contributed by atoms with Crippen LogP contribution in [0.25, 0.3) is 0 Å². The maximum absolute atomic E-state index is 4.92. The van der Waals surface area contributed by atoms with Gasteiger partial charge in [-0.3, -0.25) is 0 Å². The number of nitrogens with one attached hydrogen (secondary N) is 2. The normalized spacial score (nSPS) is 10.2. The molecule has 66 valence electrons. The molecule has 13 heavy (non-hydrogen) atoms. The van der Waals surface area contributed by atoms with Gasteiger partial charge < -0.3 is 9.97 Å². The lowest BCUT2D eigenvalue weighted by molar-refractivity contribution is 1.17. The van der Waals surface area contributed by atoms with Gasteiger partial charge in [-0.1, -0.05) is 30.0 Å². The third-order valence-electron chi connectivity index (χ3n) is 1.54. The van der Waals surface area contributed by atoms with Crippen LogP contribution in [0.15, 0.2) is 46.5 Å². The Morgan fingerprint density at radius 2 is 1.92 bits per heavy atom. The van der Waals surface area contributed by atoms with Crippen molar-refractivity contribution in [2.45, 2.75) is 9.92 Å². The van der Waals surface area contributed by atoms with E-state index >= 15 is 0 Å². The highest BCUT2D eigenvalue weighted by Crippen LogP contribution is 2.24. The molecular formula is C9H8N2S2. The maximum Gasteiger partial charge on any atom is 0.175 e. The highest BCUT2D eigenvalue weighted by atomic mass is 32.2. The minimum atomic E-state index is 0.665. The van der Waals surface area contributed by atoms with E-state index in [2.05, 4.69) is 22.1 Å². The molecule has 0 bridgehead atoms. The Hall–Kier alpha value is -1.00. The van der Waals surface area contributed by atoms with Gasteiger partial charge in [-0.25, -0.2) is 0 Å². The molecule has 0 fully saturated rings. The van der Waals surface area contributed by atoms with Gasteiger partial charge in [-0.05, 0) is 24.4 Å². The molecule has 4 heteroatoms. The molecule has 0 saturated carbocycles. The van der Waals surface area contributed by atoms with Crippen molar-refractivity contribution in [2.24, 2.45) is 0 Å². The van der Waals surface area contributed by atoms with Crippen molar-refractivity contribution in [1.82, 2.24) is 9.97 Å². The number of hydrogen-bond donors (Lipinski definition) is 2. The van der Waals surface area contributed by atoms with Crippen molar-refractivity contribution in [1.29, 1.82) is 0 Å². The zero-order valence-corrected chi connectivity index (χ0v) is 8.41. The first-order chi connectivity index (χ1) is 6.34. The topological polar surface area (TPSA) is 31.6 Å². The van der Waals surface area contributed by atoms with E-state index < -0.39 is 0 Å². The average molecular weight is 208 g/mol. The Balaban J connectivity index is 2.20. The van der Waals surface area contributed by atoms with Crippen LogP contribution in [-0.2, 0) is 0 Å². The number of benzene rings is 1. The van der Waals surface area contributed by atoms with Gasteiger partial charge in [0.25, 0.3) is 0 Å². The Morgan fingerprint density at radius 3 is 2.54 bits per heavy atom. The van der Waals surface area contributed by atoms with E-state index in [1.54, 1.807) is 11.8 Å². The van der Waals surface area contributed by atoms with E-state index in [4.69, 9.17) is 12.2 Å². The summed E-state index contributed by atoms with van der Waals surface area (Å²) in [5.41, 5.74) is 0. The van der Waals surface area contributed by atoms with Crippen LogP contribution in [0.4, 0.5) is 0 Å². The van der Waals surface area contributed by atoms with Crippen LogP contribution in [0.1, 0.15) is 0 Å². The van der Waals surface area contributed by atoms with Crippen LogP contribution in [0, 0.1) is 4.77 Å². The molecule has 0 aliphatic rings. The summed E-state index contributed by atoms with van der Waals surface area (Å²) in [4.78, 5) is 7.18. The molecule has 0 aliphatic carbocycles. The van der Waals surface area contributed by atoms with E-state index in [-0.39, 0.29) is 0 Å². The summed E-state index contributed by atoms with van der Waals surface area (Å²) in [6.07, 6.45) is 1.88. The minimum absolute atomic E-state index is 0.665. The number of hydrogen-bond acceptors (Lipinski definition) is 2. The van der Waals surface area contributed by atoms with Crippen molar-refractivity contribution in [3.05, 3.63) is 41.3 Å². The van der Waals surface area contributed by atoms with E-state index in [0.717, 1.165) is 5.03 Å².